The van der Waals surface area contributed by atoms with Crippen molar-refractivity contribution in [1.29, 1.82) is 0 Å². The molecule has 0 radical (unpaired) electrons. The lowest BCUT2D eigenvalue weighted by Crippen LogP contribution is -2.67. The van der Waals surface area contributed by atoms with Gasteiger partial charge >= 0.3 is 6.03 Å². The van der Waals surface area contributed by atoms with Gasteiger partial charge in [0.2, 0.25) is 0 Å². The summed E-state index contributed by atoms with van der Waals surface area (Å²) in [6, 6.07) is 4.71. The zero-order chi connectivity index (χ0) is 16.8. The van der Waals surface area contributed by atoms with Gasteiger partial charge in [-0.3, -0.25) is 16.0 Å². The van der Waals surface area contributed by atoms with E-state index in [2.05, 4.69) is 26.6 Å². The Hall–Kier alpha value is -1.09. The van der Waals surface area contributed by atoms with E-state index >= 15 is 0 Å². The van der Waals surface area contributed by atoms with Crippen molar-refractivity contribution in [2.45, 2.75) is 31.8 Å². The Balaban J connectivity index is 1.87. The van der Waals surface area contributed by atoms with E-state index in [1.165, 1.54) is 0 Å². The summed E-state index contributed by atoms with van der Waals surface area (Å²) in [5, 5.41) is 24.8. The van der Waals surface area contributed by atoms with Crippen molar-refractivity contribution >= 4 is 34.9 Å². The maximum atomic E-state index is 12.1. The number of aliphatic hydroxyl groups excluding tert-OH is 1. The van der Waals surface area contributed by atoms with Crippen LogP contribution >= 0.6 is 23.2 Å². The van der Waals surface area contributed by atoms with Crippen LogP contribution in [0.5, 0.6) is 0 Å². The van der Waals surface area contributed by atoms with E-state index in [0.717, 1.165) is 6.42 Å². The zero-order valence-electron chi connectivity index (χ0n) is 12.7. The standard InChI is InChI=1S/C14H21Cl2N5O2/c1-8-6-12(17-4-5-22)20-13(18-8)21-14(23)19-9-2-3-10(15)11(16)7-9/h2-3,7-8,12-13,17-18,20,22H,4-6H2,1H3,(H2,19,21,23). The minimum Gasteiger partial charge on any atom is -0.395 e. The average molecular weight is 362 g/mol. The first-order chi connectivity index (χ1) is 11.0. The molecule has 1 heterocycles. The summed E-state index contributed by atoms with van der Waals surface area (Å²) >= 11 is 11.8. The van der Waals surface area contributed by atoms with Gasteiger partial charge in [-0.2, -0.15) is 0 Å². The summed E-state index contributed by atoms with van der Waals surface area (Å²) in [6.07, 6.45) is 0.457. The number of aliphatic hydroxyl groups is 1. The molecule has 1 saturated heterocycles. The van der Waals surface area contributed by atoms with E-state index in [9.17, 15) is 4.79 Å². The molecule has 128 valence electrons. The van der Waals surface area contributed by atoms with Crippen LogP contribution in [0.1, 0.15) is 13.3 Å². The van der Waals surface area contributed by atoms with Crippen LogP contribution in [0.15, 0.2) is 18.2 Å². The van der Waals surface area contributed by atoms with Crippen molar-refractivity contribution in [3.63, 3.8) is 0 Å². The van der Waals surface area contributed by atoms with Crippen LogP contribution in [-0.4, -0.2) is 42.8 Å². The molecule has 2 rings (SSSR count). The molecule has 23 heavy (non-hydrogen) atoms. The van der Waals surface area contributed by atoms with Crippen LogP contribution in [-0.2, 0) is 0 Å². The zero-order valence-corrected chi connectivity index (χ0v) is 14.2. The predicted octanol–water partition coefficient (Wildman–Crippen LogP) is 1.28. The molecule has 1 fully saturated rings. The smallest absolute Gasteiger partial charge is 0.321 e. The first-order valence-electron chi connectivity index (χ1n) is 7.37. The third-order valence-corrected chi connectivity index (χ3v) is 4.10. The molecule has 0 bridgehead atoms. The highest BCUT2D eigenvalue weighted by molar-refractivity contribution is 6.42. The van der Waals surface area contributed by atoms with Gasteiger partial charge in [0.05, 0.1) is 22.8 Å². The molecule has 1 aromatic rings. The van der Waals surface area contributed by atoms with Crippen molar-refractivity contribution in [2.24, 2.45) is 0 Å². The van der Waals surface area contributed by atoms with Crippen LogP contribution < -0.4 is 26.6 Å². The van der Waals surface area contributed by atoms with Gasteiger partial charge < -0.3 is 15.7 Å². The second-order valence-electron chi connectivity index (χ2n) is 5.36. The quantitative estimate of drug-likeness (QED) is 0.474. The van der Waals surface area contributed by atoms with E-state index < -0.39 is 6.29 Å². The highest BCUT2D eigenvalue weighted by Gasteiger charge is 2.25. The maximum Gasteiger partial charge on any atom is 0.321 e. The fraction of sp³-hybridized carbons (Fsp3) is 0.500. The van der Waals surface area contributed by atoms with Gasteiger partial charge in [0.25, 0.3) is 0 Å². The molecule has 1 aliphatic rings. The molecule has 3 atom stereocenters. The van der Waals surface area contributed by atoms with Gasteiger partial charge in [-0.15, -0.1) is 0 Å². The Kier molecular flexibility index (Phi) is 6.88. The topological polar surface area (TPSA) is 97.5 Å². The minimum absolute atomic E-state index is 0.00803. The van der Waals surface area contributed by atoms with E-state index in [1.807, 2.05) is 6.92 Å². The van der Waals surface area contributed by atoms with Crippen LogP contribution in [0.3, 0.4) is 0 Å². The molecular weight excluding hydrogens is 341 g/mol. The Bertz CT molecular complexity index is 546. The molecule has 0 aliphatic carbocycles. The van der Waals surface area contributed by atoms with Crippen LogP contribution in [0.2, 0.25) is 10.0 Å². The number of urea groups is 1. The second kappa shape index (κ2) is 8.68. The summed E-state index contributed by atoms with van der Waals surface area (Å²) in [5.41, 5.74) is 0.552. The average Bonchev–Trinajstić information content (AvgIpc) is 2.48. The predicted molar refractivity (Wildman–Crippen MR) is 91.6 cm³/mol. The molecule has 7 nitrogen and oxygen atoms in total. The number of amides is 2. The molecule has 0 aromatic heterocycles. The molecule has 0 saturated carbocycles. The third-order valence-electron chi connectivity index (χ3n) is 3.36. The van der Waals surface area contributed by atoms with E-state index in [1.54, 1.807) is 18.2 Å². The number of anilines is 1. The molecule has 9 heteroatoms. The number of hydrogen-bond donors (Lipinski definition) is 6. The highest BCUT2D eigenvalue weighted by atomic mass is 35.5. The van der Waals surface area contributed by atoms with E-state index in [0.29, 0.717) is 22.3 Å². The SMILES string of the molecule is CC1CC(NCCO)NC(NC(=O)Nc2ccc(Cl)c(Cl)c2)N1. The number of nitrogens with one attached hydrogen (secondary N) is 5. The number of hydrogen-bond acceptors (Lipinski definition) is 5. The lowest BCUT2D eigenvalue weighted by molar-refractivity contribution is 0.185. The number of rotatable bonds is 5. The molecule has 2 amide bonds. The Morgan fingerprint density at radius 1 is 1.35 bits per heavy atom. The van der Waals surface area contributed by atoms with Gasteiger partial charge in [-0.1, -0.05) is 23.2 Å². The van der Waals surface area contributed by atoms with E-state index in [4.69, 9.17) is 28.3 Å². The molecule has 1 aliphatic heterocycles. The first kappa shape index (κ1) is 18.3. The van der Waals surface area contributed by atoms with Crippen molar-refractivity contribution in [2.75, 3.05) is 18.5 Å². The van der Waals surface area contributed by atoms with Crippen LogP contribution in [0.25, 0.3) is 0 Å². The third kappa shape index (κ3) is 5.80. The van der Waals surface area contributed by atoms with Crippen LogP contribution in [0, 0.1) is 0 Å². The largest absolute Gasteiger partial charge is 0.395 e. The summed E-state index contributed by atoms with van der Waals surface area (Å²) in [5.74, 6) is 0. The van der Waals surface area contributed by atoms with Gasteiger partial charge in [0.15, 0.2) is 0 Å². The van der Waals surface area contributed by atoms with Gasteiger partial charge in [0.1, 0.15) is 6.29 Å². The fourth-order valence-electron chi connectivity index (χ4n) is 2.36. The van der Waals surface area contributed by atoms with Gasteiger partial charge in [-0.25, -0.2) is 4.79 Å². The first-order valence-corrected chi connectivity index (χ1v) is 8.12. The van der Waals surface area contributed by atoms with Crippen molar-refractivity contribution in [3.05, 3.63) is 28.2 Å². The summed E-state index contributed by atoms with van der Waals surface area (Å²) in [6.45, 7) is 2.59. The number of benzene rings is 1. The highest BCUT2D eigenvalue weighted by Crippen LogP contribution is 2.24. The molecule has 6 N–H and O–H groups in total. The monoisotopic (exact) mass is 361 g/mol. The molecule has 0 spiro atoms. The van der Waals surface area contributed by atoms with E-state index in [-0.39, 0.29) is 24.8 Å². The number of carbonyl (C=O) groups excluding carboxylic acids is 1. The lowest BCUT2D eigenvalue weighted by Gasteiger charge is -2.36. The fourth-order valence-corrected chi connectivity index (χ4v) is 2.66. The summed E-state index contributed by atoms with van der Waals surface area (Å²) < 4.78 is 0. The lowest BCUT2D eigenvalue weighted by atomic mass is 10.1. The molecule has 3 unspecified atom stereocenters. The van der Waals surface area contributed by atoms with Crippen molar-refractivity contribution in [1.82, 2.24) is 21.3 Å². The van der Waals surface area contributed by atoms with Gasteiger partial charge in [0, 0.05) is 18.3 Å². The van der Waals surface area contributed by atoms with Crippen molar-refractivity contribution in [3.8, 4) is 0 Å². The summed E-state index contributed by atoms with van der Waals surface area (Å²) in [7, 11) is 0. The summed E-state index contributed by atoms with van der Waals surface area (Å²) in [4.78, 5) is 12.1. The van der Waals surface area contributed by atoms with Crippen molar-refractivity contribution < 1.29 is 9.90 Å². The second-order valence-corrected chi connectivity index (χ2v) is 6.18. The normalized spacial score (nSPS) is 24.3. The Labute approximate surface area is 145 Å². The Morgan fingerprint density at radius 3 is 2.83 bits per heavy atom. The van der Waals surface area contributed by atoms with Crippen LogP contribution in [0.4, 0.5) is 10.5 Å². The number of halogens is 2. The number of carbonyl (C=O) groups is 1. The maximum absolute atomic E-state index is 12.1. The minimum atomic E-state index is -0.391. The molecule has 1 aromatic carbocycles. The van der Waals surface area contributed by atoms with Gasteiger partial charge in [-0.05, 0) is 31.5 Å². The Morgan fingerprint density at radius 2 is 2.13 bits per heavy atom. The molecular formula is C14H21Cl2N5O2.